The highest BCUT2D eigenvalue weighted by Gasteiger charge is 2.19. The number of amides is 1. The number of carbonyl (C=O) groups excluding carboxylic acids is 1. The van der Waals surface area contributed by atoms with Crippen LogP contribution in [0.5, 0.6) is 0 Å². The van der Waals surface area contributed by atoms with E-state index in [2.05, 4.69) is 15.6 Å². The minimum Gasteiger partial charge on any atom is -0.444 e. The number of benzene rings is 1. The van der Waals surface area contributed by atoms with Crippen LogP contribution in [0.2, 0.25) is 5.02 Å². The van der Waals surface area contributed by atoms with E-state index in [1.54, 1.807) is 14.1 Å². The Morgan fingerprint density at radius 1 is 1.28 bits per heavy atom. The van der Waals surface area contributed by atoms with E-state index in [1.807, 2.05) is 45.0 Å². The molecule has 25 heavy (non-hydrogen) atoms. The van der Waals surface area contributed by atoms with Gasteiger partial charge in [-0.05, 0) is 32.4 Å². The molecule has 0 unspecified atom stereocenters. The standard InChI is InChI=1S/C17H27ClN4O2.HI/c1-17(2,3)24-16(23)22(5)11-10-20-15(19-4)21-12-13-8-6-7-9-14(13)18;/h6-9H,10-12H2,1-5H3,(H2,19,20,21);1H. The zero-order chi connectivity index (χ0) is 18.2. The fourth-order valence-corrected chi connectivity index (χ4v) is 2.02. The number of carbonyl (C=O) groups is 1. The van der Waals surface area contributed by atoms with E-state index in [1.165, 1.54) is 4.90 Å². The molecule has 0 radical (unpaired) electrons. The summed E-state index contributed by atoms with van der Waals surface area (Å²) >= 11 is 6.13. The molecule has 8 heteroatoms. The van der Waals surface area contributed by atoms with Gasteiger partial charge >= 0.3 is 6.09 Å². The van der Waals surface area contributed by atoms with Crippen molar-refractivity contribution in [2.45, 2.75) is 32.9 Å². The SMILES string of the molecule is CN=C(NCCN(C)C(=O)OC(C)(C)C)NCc1ccccc1Cl.I. The highest BCUT2D eigenvalue weighted by Crippen LogP contribution is 2.14. The van der Waals surface area contributed by atoms with Crippen molar-refractivity contribution in [2.24, 2.45) is 4.99 Å². The number of guanidine groups is 1. The van der Waals surface area contributed by atoms with Gasteiger partial charge < -0.3 is 20.3 Å². The first-order valence-corrected chi connectivity index (χ1v) is 8.23. The van der Waals surface area contributed by atoms with Gasteiger partial charge in [0, 0.05) is 38.8 Å². The molecule has 0 saturated heterocycles. The third-order valence-corrected chi connectivity index (χ3v) is 3.44. The summed E-state index contributed by atoms with van der Waals surface area (Å²) in [6.45, 7) is 7.16. The summed E-state index contributed by atoms with van der Waals surface area (Å²) in [5, 5.41) is 7.05. The lowest BCUT2D eigenvalue weighted by atomic mass is 10.2. The molecule has 0 saturated carbocycles. The van der Waals surface area contributed by atoms with Gasteiger partial charge in [0.1, 0.15) is 5.60 Å². The number of nitrogens with one attached hydrogen (secondary N) is 2. The molecule has 0 aliphatic rings. The molecule has 1 rings (SSSR count). The Labute approximate surface area is 172 Å². The Balaban J connectivity index is 0.00000576. The van der Waals surface area contributed by atoms with Crippen molar-refractivity contribution in [3.05, 3.63) is 34.9 Å². The normalized spacial score (nSPS) is 11.4. The third kappa shape index (κ3) is 9.74. The summed E-state index contributed by atoms with van der Waals surface area (Å²) in [4.78, 5) is 17.5. The average molecular weight is 483 g/mol. The van der Waals surface area contributed by atoms with Crippen molar-refractivity contribution in [1.29, 1.82) is 0 Å². The predicted molar refractivity (Wildman–Crippen MR) is 114 cm³/mol. The van der Waals surface area contributed by atoms with Crippen LogP contribution in [0.15, 0.2) is 29.3 Å². The summed E-state index contributed by atoms with van der Waals surface area (Å²) in [5.74, 6) is 0.646. The zero-order valence-electron chi connectivity index (χ0n) is 15.4. The number of halogens is 2. The maximum absolute atomic E-state index is 11.9. The van der Waals surface area contributed by atoms with E-state index in [0.717, 1.165) is 5.56 Å². The molecule has 0 atom stereocenters. The lowest BCUT2D eigenvalue weighted by Gasteiger charge is -2.25. The molecule has 1 amide bonds. The smallest absolute Gasteiger partial charge is 0.410 e. The van der Waals surface area contributed by atoms with Crippen LogP contribution < -0.4 is 10.6 Å². The van der Waals surface area contributed by atoms with Gasteiger partial charge in [-0.25, -0.2) is 4.79 Å². The summed E-state index contributed by atoms with van der Waals surface area (Å²) in [5.41, 5.74) is 0.499. The summed E-state index contributed by atoms with van der Waals surface area (Å²) < 4.78 is 5.30. The average Bonchev–Trinajstić information content (AvgIpc) is 2.50. The monoisotopic (exact) mass is 482 g/mol. The maximum Gasteiger partial charge on any atom is 0.410 e. The van der Waals surface area contributed by atoms with Crippen LogP contribution in [0.25, 0.3) is 0 Å². The first-order valence-electron chi connectivity index (χ1n) is 7.85. The molecule has 0 heterocycles. The minimum atomic E-state index is -0.495. The lowest BCUT2D eigenvalue weighted by molar-refractivity contribution is 0.0302. The highest BCUT2D eigenvalue weighted by atomic mass is 127. The second-order valence-corrected chi connectivity index (χ2v) is 6.75. The summed E-state index contributed by atoms with van der Waals surface area (Å²) in [6.07, 6.45) is -0.344. The minimum absolute atomic E-state index is 0. The molecule has 0 fully saturated rings. The number of hydrogen-bond acceptors (Lipinski definition) is 3. The van der Waals surface area contributed by atoms with Gasteiger partial charge in [-0.15, -0.1) is 24.0 Å². The number of aliphatic imine (C=N–C) groups is 1. The maximum atomic E-state index is 11.9. The van der Waals surface area contributed by atoms with E-state index >= 15 is 0 Å². The lowest BCUT2D eigenvalue weighted by Crippen LogP contribution is -2.42. The highest BCUT2D eigenvalue weighted by molar-refractivity contribution is 14.0. The Morgan fingerprint density at radius 3 is 2.48 bits per heavy atom. The fourth-order valence-electron chi connectivity index (χ4n) is 1.81. The van der Waals surface area contributed by atoms with Gasteiger partial charge in [0.2, 0.25) is 0 Å². The van der Waals surface area contributed by atoms with Gasteiger partial charge in [0.15, 0.2) is 5.96 Å². The second kappa shape index (κ2) is 11.4. The molecular formula is C17H28ClIN4O2. The molecule has 0 spiro atoms. The van der Waals surface area contributed by atoms with E-state index in [-0.39, 0.29) is 30.1 Å². The molecular weight excluding hydrogens is 455 g/mol. The van der Waals surface area contributed by atoms with Crippen molar-refractivity contribution >= 4 is 47.6 Å². The van der Waals surface area contributed by atoms with Crippen molar-refractivity contribution in [3.63, 3.8) is 0 Å². The van der Waals surface area contributed by atoms with Crippen LogP contribution in [-0.4, -0.2) is 49.7 Å². The number of hydrogen-bond donors (Lipinski definition) is 2. The van der Waals surface area contributed by atoms with Crippen LogP contribution in [0.3, 0.4) is 0 Å². The Bertz CT molecular complexity index is 576. The first kappa shape index (κ1) is 23.8. The quantitative estimate of drug-likeness (QED) is 0.383. The van der Waals surface area contributed by atoms with E-state index < -0.39 is 5.60 Å². The fraction of sp³-hybridized carbons (Fsp3) is 0.529. The Morgan fingerprint density at radius 2 is 1.92 bits per heavy atom. The second-order valence-electron chi connectivity index (χ2n) is 6.35. The number of nitrogens with zero attached hydrogens (tertiary/aromatic N) is 2. The first-order chi connectivity index (χ1) is 11.2. The predicted octanol–water partition coefficient (Wildman–Crippen LogP) is 3.49. The van der Waals surface area contributed by atoms with E-state index in [4.69, 9.17) is 16.3 Å². The van der Waals surface area contributed by atoms with Gasteiger partial charge in [0.25, 0.3) is 0 Å². The topological polar surface area (TPSA) is 66.0 Å². The molecule has 6 nitrogen and oxygen atoms in total. The molecule has 1 aromatic carbocycles. The van der Waals surface area contributed by atoms with E-state index in [0.29, 0.717) is 30.6 Å². The molecule has 0 bridgehead atoms. The molecule has 2 N–H and O–H groups in total. The Hall–Kier alpha value is -1.22. The van der Waals surface area contributed by atoms with Crippen LogP contribution in [0.4, 0.5) is 4.79 Å². The number of ether oxygens (including phenoxy) is 1. The molecule has 0 aliphatic carbocycles. The largest absolute Gasteiger partial charge is 0.444 e. The summed E-state index contributed by atoms with van der Waals surface area (Å²) in [6, 6.07) is 7.64. The summed E-state index contributed by atoms with van der Waals surface area (Å²) in [7, 11) is 3.40. The van der Waals surface area contributed by atoms with Crippen molar-refractivity contribution < 1.29 is 9.53 Å². The van der Waals surface area contributed by atoms with Gasteiger partial charge in [-0.3, -0.25) is 4.99 Å². The van der Waals surface area contributed by atoms with Crippen LogP contribution >= 0.6 is 35.6 Å². The molecule has 0 aromatic heterocycles. The number of rotatable bonds is 5. The van der Waals surface area contributed by atoms with Gasteiger partial charge in [-0.2, -0.15) is 0 Å². The van der Waals surface area contributed by atoms with E-state index in [9.17, 15) is 4.79 Å². The van der Waals surface area contributed by atoms with Gasteiger partial charge in [-0.1, -0.05) is 29.8 Å². The molecule has 1 aromatic rings. The Kier molecular flexibility index (Phi) is 10.8. The zero-order valence-corrected chi connectivity index (χ0v) is 18.5. The van der Waals surface area contributed by atoms with Gasteiger partial charge in [0.05, 0.1) is 0 Å². The van der Waals surface area contributed by atoms with Crippen molar-refractivity contribution in [1.82, 2.24) is 15.5 Å². The van der Waals surface area contributed by atoms with Crippen LogP contribution in [-0.2, 0) is 11.3 Å². The van der Waals surface area contributed by atoms with Crippen molar-refractivity contribution in [3.8, 4) is 0 Å². The molecule has 142 valence electrons. The third-order valence-electron chi connectivity index (χ3n) is 3.07. The van der Waals surface area contributed by atoms with Crippen molar-refractivity contribution in [2.75, 3.05) is 27.2 Å². The number of likely N-dealkylation sites (N-methyl/N-ethyl adjacent to an activating group) is 1. The van der Waals surface area contributed by atoms with Crippen LogP contribution in [0.1, 0.15) is 26.3 Å². The molecule has 0 aliphatic heterocycles. The van der Waals surface area contributed by atoms with Crippen LogP contribution in [0, 0.1) is 0 Å².